The van der Waals surface area contributed by atoms with Crippen LogP contribution in [0.5, 0.6) is 0 Å². The Bertz CT molecular complexity index is 818. The molecule has 0 aliphatic carbocycles. The molecule has 1 aliphatic heterocycles. The van der Waals surface area contributed by atoms with E-state index in [0.29, 0.717) is 30.8 Å². The van der Waals surface area contributed by atoms with E-state index in [9.17, 15) is 13.2 Å². The molecule has 1 atom stereocenters. The molecule has 24 heavy (non-hydrogen) atoms. The van der Waals surface area contributed by atoms with E-state index in [1.54, 1.807) is 35.1 Å². The minimum atomic E-state index is -3.25. The van der Waals surface area contributed by atoms with Gasteiger partial charge in [0.15, 0.2) is 0 Å². The van der Waals surface area contributed by atoms with Crippen molar-refractivity contribution in [2.75, 3.05) is 16.6 Å². The van der Waals surface area contributed by atoms with Crippen molar-refractivity contribution in [3.8, 4) is 0 Å². The van der Waals surface area contributed by atoms with Crippen molar-refractivity contribution in [3.63, 3.8) is 0 Å². The van der Waals surface area contributed by atoms with Crippen molar-refractivity contribution in [2.45, 2.75) is 25.9 Å². The highest BCUT2D eigenvalue weighted by Crippen LogP contribution is 2.24. The number of anilines is 1. The molecule has 7 nitrogen and oxygen atoms in total. The van der Waals surface area contributed by atoms with E-state index in [2.05, 4.69) is 10.4 Å². The largest absolute Gasteiger partial charge is 0.348 e. The zero-order chi connectivity index (χ0) is 17.2. The van der Waals surface area contributed by atoms with Gasteiger partial charge in [-0.1, -0.05) is 6.07 Å². The van der Waals surface area contributed by atoms with Crippen molar-refractivity contribution in [3.05, 3.63) is 48.3 Å². The SMILES string of the molecule is C[C@@H](Cn1cccn1)NC(=O)c1cccc(N2CCCS2(=O)=O)c1. The summed E-state index contributed by atoms with van der Waals surface area (Å²) in [5, 5.41) is 7.02. The maximum absolute atomic E-state index is 12.4. The van der Waals surface area contributed by atoms with Crippen LogP contribution < -0.4 is 9.62 Å². The highest BCUT2D eigenvalue weighted by Gasteiger charge is 2.28. The first-order valence-electron chi connectivity index (χ1n) is 7.84. The molecular formula is C16H20N4O3S. The van der Waals surface area contributed by atoms with E-state index < -0.39 is 10.0 Å². The molecule has 8 heteroatoms. The number of nitrogens with one attached hydrogen (secondary N) is 1. The first-order chi connectivity index (χ1) is 11.5. The third-order valence-electron chi connectivity index (χ3n) is 3.89. The number of aromatic nitrogens is 2. The molecule has 0 unspecified atom stereocenters. The second kappa shape index (κ2) is 6.64. The fourth-order valence-corrected chi connectivity index (χ4v) is 4.33. The summed E-state index contributed by atoms with van der Waals surface area (Å²) < 4.78 is 27.1. The van der Waals surface area contributed by atoms with Crippen LogP contribution in [0.2, 0.25) is 0 Å². The molecule has 1 saturated heterocycles. The first kappa shape index (κ1) is 16.5. The van der Waals surface area contributed by atoms with Crippen LogP contribution in [0.1, 0.15) is 23.7 Å². The number of sulfonamides is 1. The van der Waals surface area contributed by atoms with Gasteiger partial charge in [0.1, 0.15) is 0 Å². The molecule has 1 N–H and O–H groups in total. The second-order valence-electron chi connectivity index (χ2n) is 5.89. The lowest BCUT2D eigenvalue weighted by Crippen LogP contribution is -2.36. The fourth-order valence-electron chi connectivity index (χ4n) is 2.77. The molecular weight excluding hydrogens is 328 g/mol. The molecule has 0 saturated carbocycles. The Balaban J connectivity index is 1.70. The minimum Gasteiger partial charge on any atom is -0.348 e. The molecule has 0 radical (unpaired) electrons. The quantitative estimate of drug-likeness (QED) is 0.881. The normalized spacial score (nSPS) is 17.6. The molecule has 1 aromatic heterocycles. The number of carbonyl (C=O) groups excluding carboxylic acids is 1. The number of benzene rings is 1. The van der Waals surface area contributed by atoms with Gasteiger partial charge in [0, 0.05) is 30.5 Å². The fraction of sp³-hybridized carbons (Fsp3) is 0.375. The second-order valence-corrected chi connectivity index (χ2v) is 7.91. The molecule has 2 heterocycles. The molecule has 1 aromatic carbocycles. The summed E-state index contributed by atoms with van der Waals surface area (Å²) in [6.45, 7) is 2.93. The van der Waals surface area contributed by atoms with Crippen LogP contribution >= 0.6 is 0 Å². The van der Waals surface area contributed by atoms with Crippen molar-refractivity contribution < 1.29 is 13.2 Å². The smallest absolute Gasteiger partial charge is 0.251 e. The topological polar surface area (TPSA) is 84.3 Å². The number of nitrogens with zero attached hydrogens (tertiary/aromatic N) is 3. The summed E-state index contributed by atoms with van der Waals surface area (Å²) in [6.07, 6.45) is 4.13. The lowest BCUT2D eigenvalue weighted by Gasteiger charge is -2.18. The van der Waals surface area contributed by atoms with E-state index in [-0.39, 0.29) is 17.7 Å². The van der Waals surface area contributed by atoms with Crippen LogP contribution in [0.25, 0.3) is 0 Å². The number of rotatable bonds is 5. The summed E-state index contributed by atoms with van der Waals surface area (Å²) in [5.41, 5.74) is 0.988. The third kappa shape index (κ3) is 3.59. The number of hydrogen-bond acceptors (Lipinski definition) is 4. The van der Waals surface area contributed by atoms with E-state index >= 15 is 0 Å². The number of hydrogen-bond donors (Lipinski definition) is 1. The lowest BCUT2D eigenvalue weighted by molar-refractivity contribution is 0.0936. The Morgan fingerprint density at radius 1 is 1.38 bits per heavy atom. The Morgan fingerprint density at radius 2 is 2.21 bits per heavy atom. The molecule has 1 fully saturated rings. The summed E-state index contributed by atoms with van der Waals surface area (Å²) in [7, 11) is -3.25. The lowest BCUT2D eigenvalue weighted by atomic mass is 10.1. The first-order valence-corrected chi connectivity index (χ1v) is 9.45. The minimum absolute atomic E-state index is 0.100. The predicted molar refractivity (Wildman–Crippen MR) is 91.3 cm³/mol. The van der Waals surface area contributed by atoms with Gasteiger partial charge in [-0.25, -0.2) is 8.42 Å². The standard InChI is InChI=1S/C16H20N4O3S/c1-13(12-19-8-3-7-17-19)18-16(21)14-5-2-6-15(11-14)20-9-4-10-24(20,22)23/h2-3,5-8,11,13H,4,9-10,12H2,1H3,(H,18,21)/t13-/m0/s1. The van der Waals surface area contributed by atoms with Gasteiger partial charge in [-0.3, -0.25) is 13.8 Å². The van der Waals surface area contributed by atoms with Crippen molar-refractivity contribution >= 4 is 21.6 Å². The van der Waals surface area contributed by atoms with Gasteiger partial charge in [0.25, 0.3) is 5.91 Å². The zero-order valence-corrected chi connectivity index (χ0v) is 14.2. The molecule has 128 valence electrons. The monoisotopic (exact) mass is 348 g/mol. The van der Waals surface area contributed by atoms with Crippen molar-refractivity contribution in [1.82, 2.24) is 15.1 Å². The molecule has 2 aromatic rings. The highest BCUT2D eigenvalue weighted by molar-refractivity contribution is 7.93. The van der Waals surface area contributed by atoms with Gasteiger partial charge in [-0.15, -0.1) is 0 Å². The van der Waals surface area contributed by atoms with Crippen LogP contribution in [0.3, 0.4) is 0 Å². The Hall–Kier alpha value is -2.35. The van der Waals surface area contributed by atoms with Crippen LogP contribution in [0.4, 0.5) is 5.69 Å². The average Bonchev–Trinajstić information content (AvgIpc) is 3.16. The molecule has 0 spiro atoms. The third-order valence-corrected chi connectivity index (χ3v) is 5.76. The van der Waals surface area contributed by atoms with Gasteiger partial charge >= 0.3 is 0 Å². The Kier molecular flexibility index (Phi) is 4.57. The van der Waals surface area contributed by atoms with Gasteiger partial charge < -0.3 is 5.32 Å². The van der Waals surface area contributed by atoms with Gasteiger partial charge in [0.05, 0.1) is 18.0 Å². The van der Waals surface area contributed by atoms with E-state index in [1.807, 2.05) is 19.2 Å². The zero-order valence-electron chi connectivity index (χ0n) is 13.4. The average molecular weight is 348 g/mol. The van der Waals surface area contributed by atoms with Gasteiger partial charge in [0.2, 0.25) is 10.0 Å². The molecule has 0 bridgehead atoms. The predicted octanol–water partition coefficient (Wildman–Crippen LogP) is 1.24. The van der Waals surface area contributed by atoms with Crippen LogP contribution in [0, 0.1) is 0 Å². The molecule has 3 rings (SSSR count). The van der Waals surface area contributed by atoms with Gasteiger partial charge in [-0.05, 0) is 37.6 Å². The molecule has 1 amide bonds. The Labute approximate surface area is 141 Å². The summed E-state index contributed by atoms with van der Waals surface area (Å²) in [5.74, 6) is -0.0715. The van der Waals surface area contributed by atoms with Crippen LogP contribution in [0.15, 0.2) is 42.7 Å². The van der Waals surface area contributed by atoms with Crippen LogP contribution in [-0.2, 0) is 16.6 Å². The van der Waals surface area contributed by atoms with E-state index in [4.69, 9.17) is 0 Å². The van der Waals surface area contributed by atoms with Gasteiger partial charge in [-0.2, -0.15) is 5.10 Å². The van der Waals surface area contributed by atoms with Crippen LogP contribution in [-0.4, -0.2) is 42.4 Å². The summed E-state index contributed by atoms with van der Waals surface area (Å²) >= 11 is 0. The summed E-state index contributed by atoms with van der Waals surface area (Å²) in [4.78, 5) is 12.4. The maximum Gasteiger partial charge on any atom is 0.251 e. The Morgan fingerprint density at radius 3 is 2.88 bits per heavy atom. The summed E-state index contributed by atoms with van der Waals surface area (Å²) in [6, 6.07) is 8.45. The van der Waals surface area contributed by atoms with E-state index in [1.165, 1.54) is 4.31 Å². The molecule has 1 aliphatic rings. The van der Waals surface area contributed by atoms with E-state index in [0.717, 1.165) is 0 Å². The number of amides is 1. The maximum atomic E-state index is 12.4. The van der Waals surface area contributed by atoms with Crippen molar-refractivity contribution in [2.24, 2.45) is 0 Å². The van der Waals surface area contributed by atoms with Crippen molar-refractivity contribution in [1.29, 1.82) is 0 Å². The number of carbonyl (C=O) groups is 1. The highest BCUT2D eigenvalue weighted by atomic mass is 32.2.